The lowest BCUT2D eigenvalue weighted by atomic mass is 9.98. The standard InChI is InChI=1S/C21H24N4O2S.C17H24N4O4S.C15H18F2N4O2S/c1-28(26,27)22-14-16-8-7-13-25(15-16)21-18-11-5-6-12-19(18)23-20(24-21)17-9-3-2-4-10-17;1-24-15-7-13-14(8-16(15)25-2)18-11-19-17(13)21-6-4-5-12(10-21)9-20-26(3,22)23;1-24(22,23)20-7-10-3-2-4-21(8-10)15-11-5-12(16)13(17)6-14(11)18-9-19-15/h2-6,9-12,16,22H,7-8,13-15H2,1H3;7-8,11-12,20H,4-6,9-10H2,1-3H3;5-6,9-10,20H,2-4,7-8H2,1H3. The summed E-state index contributed by atoms with van der Waals surface area (Å²) in [7, 11) is -6.40. The van der Waals surface area contributed by atoms with Crippen LogP contribution >= 0.6 is 0 Å². The summed E-state index contributed by atoms with van der Waals surface area (Å²) < 4.78 is 114. The second-order valence-electron chi connectivity index (χ2n) is 19.9. The Morgan fingerprint density at radius 3 is 1.45 bits per heavy atom. The van der Waals surface area contributed by atoms with Gasteiger partial charge in [-0.1, -0.05) is 42.5 Å². The van der Waals surface area contributed by atoms with Crippen molar-refractivity contribution in [2.45, 2.75) is 38.5 Å². The Balaban J connectivity index is 0.000000155. The number of halogens is 2. The molecule has 0 aliphatic carbocycles. The minimum Gasteiger partial charge on any atom is -0.493 e. The highest BCUT2D eigenvalue weighted by Gasteiger charge is 2.27. The van der Waals surface area contributed by atoms with Crippen molar-refractivity contribution in [3.05, 3.63) is 103 Å². The molecular weight excluding hydrogens is 1070 g/mol. The van der Waals surface area contributed by atoms with Crippen molar-refractivity contribution >= 4 is 80.2 Å². The van der Waals surface area contributed by atoms with Crippen molar-refractivity contribution in [3.8, 4) is 22.9 Å². The van der Waals surface area contributed by atoms with Gasteiger partial charge in [0.25, 0.3) is 0 Å². The first-order valence-electron chi connectivity index (χ1n) is 25.6. The van der Waals surface area contributed by atoms with Gasteiger partial charge in [0.2, 0.25) is 30.1 Å². The lowest BCUT2D eigenvalue weighted by molar-refractivity contribution is 0.355. The molecule has 3 aliphatic rings. The van der Waals surface area contributed by atoms with Gasteiger partial charge < -0.3 is 24.2 Å². The van der Waals surface area contributed by atoms with E-state index in [1.807, 2.05) is 65.6 Å². The number of methoxy groups -OCH3 is 2. The number of benzene rings is 4. The molecule has 0 saturated carbocycles. The number of hydrogen-bond donors (Lipinski definition) is 3. The molecule has 3 aliphatic heterocycles. The third-order valence-electron chi connectivity index (χ3n) is 13.7. The number of ether oxygens (including phenoxy) is 2. The van der Waals surface area contributed by atoms with Gasteiger partial charge in [0, 0.05) is 92.8 Å². The Bertz CT molecular complexity index is 3560. The number of piperidine rings is 3. The van der Waals surface area contributed by atoms with Gasteiger partial charge in [-0.3, -0.25) is 0 Å². The van der Waals surface area contributed by atoms with Crippen LogP contribution in [0.15, 0.2) is 91.5 Å². The summed E-state index contributed by atoms with van der Waals surface area (Å²) in [6.45, 7) is 5.86. The SMILES string of the molecule is COc1cc2ncnc(N3CCCC(CNS(C)(=O)=O)C3)c2cc1OC.CS(=O)(=O)NCC1CCCN(c2nc(-c3ccccc3)nc3ccccc23)C1.CS(=O)(=O)NCC1CCCN(c2ncnc3cc(F)c(F)cc23)C1. The smallest absolute Gasteiger partial charge is 0.208 e. The van der Waals surface area contributed by atoms with Crippen molar-refractivity contribution in [2.75, 3.05) is 107 Å². The molecule has 3 saturated heterocycles. The number of para-hydroxylation sites is 1. The third kappa shape index (κ3) is 15.6. The zero-order chi connectivity index (χ0) is 55.6. The molecule has 4 aromatic carbocycles. The maximum Gasteiger partial charge on any atom is 0.208 e. The largest absolute Gasteiger partial charge is 0.493 e. The number of rotatable bonds is 15. The van der Waals surface area contributed by atoms with Crippen LogP contribution in [0.4, 0.5) is 26.2 Å². The Hall–Kier alpha value is -6.51. The zero-order valence-corrected chi connectivity index (χ0v) is 46.7. The van der Waals surface area contributed by atoms with Gasteiger partial charge in [0.05, 0.1) is 49.5 Å². The van der Waals surface area contributed by atoms with E-state index in [4.69, 9.17) is 19.4 Å². The predicted octanol–water partition coefficient (Wildman–Crippen LogP) is 6.15. The highest BCUT2D eigenvalue weighted by Crippen LogP contribution is 2.36. The predicted molar refractivity (Wildman–Crippen MR) is 300 cm³/mol. The fraction of sp³-hybridized carbons (Fsp3) is 0.434. The molecule has 0 radical (unpaired) electrons. The zero-order valence-electron chi connectivity index (χ0n) is 44.3. The fourth-order valence-corrected chi connectivity index (χ4v) is 11.6. The number of nitrogens with zero attached hydrogens (tertiary/aromatic N) is 9. The molecule has 0 bridgehead atoms. The maximum absolute atomic E-state index is 13.6. The van der Waals surface area contributed by atoms with E-state index in [1.54, 1.807) is 20.5 Å². The number of fused-ring (bicyclic) bond motifs is 3. The van der Waals surface area contributed by atoms with Crippen LogP contribution in [0.25, 0.3) is 44.1 Å². The molecule has 25 heteroatoms. The van der Waals surface area contributed by atoms with E-state index < -0.39 is 41.7 Å². The molecule has 10 rings (SSSR count). The Morgan fingerprint density at radius 2 is 0.949 bits per heavy atom. The van der Waals surface area contributed by atoms with Gasteiger partial charge in [-0.05, 0) is 80.5 Å². The van der Waals surface area contributed by atoms with Gasteiger partial charge in [-0.15, -0.1) is 0 Å². The average molecular weight is 1130 g/mol. The third-order valence-corrected chi connectivity index (χ3v) is 15.8. The second kappa shape index (κ2) is 25.5. The summed E-state index contributed by atoms with van der Waals surface area (Å²) in [5.74, 6) is 3.01. The van der Waals surface area contributed by atoms with Crippen LogP contribution in [0.3, 0.4) is 0 Å². The molecule has 3 unspecified atom stereocenters. The lowest BCUT2D eigenvalue weighted by Crippen LogP contribution is -2.41. The van der Waals surface area contributed by atoms with Gasteiger partial charge in [0.15, 0.2) is 29.0 Å². The van der Waals surface area contributed by atoms with Crippen LogP contribution in [-0.2, 0) is 30.1 Å². The minimum atomic E-state index is -3.24. The highest BCUT2D eigenvalue weighted by atomic mass is 32.2. The van der Waals surface area contributed by atoms with Crippen molar-refractivity contribution in [1.82, 2.24) is 44.1 Å². The molecule has 418 valence electrons. The van der Waals surface area contributed by atoms with Gasteiger partial charge in [0.1, 0.15) is 30.1 Å². The van der Waals surface area contributed by atoms with Gasteiger partial charge in [-0.2, -0.15) is 0 Å². The monoisotopic (exact) mass is 1130 g/mol. The quantitative estimate of drug-likeness (QED) is 0.104. The first-order valence-corrected chi connectivity index (χ1v) is 31.3. The van der Waals surface area contributed by atoms with Crippen molar-refractivity contribution < 1.29 is 43.5 Å². The molecule has 78 heavy (non-hydrogen) atoms. The van der Waals surface area contributed by atoms with Crippen LogP contribution in [-0.4, -0.2) is 147 Å². The normalized spacial score (nSPS) is 18.2. The Kier molecular flexibility index (Phi) is 18.9. The summed E-state index contributed by atoms with van der Waals surface area (Å²) in [6.07, 6.45) is 12.1. The lowest BCUT2D eigenvalue weighted by Gasteiger charge is -2.34. The first kappa shape index (κ1) is 57.7. The van der Waals surface area contributed by atoms with Crippen LogP contribution in [0.1, 0.15) is 38.5 Å². The van der Waals surface area contributed by atoms with Crippen LogP contribution in [0.5, 0.6) is 11.5 Å². The Morgan fingerprint density at radius 1 is 0.513 bits per heavy atom. The average Bonchev–Trinajstić information content (AvgIpc) is 3.52. The summed E-state index contributed by atoms with van der Waals surface area (Å²) >= 11 is 0. The van der Waals surface area contributed by atoms with Crippen molar-refractivity contribution in [1.29, 1.82) is 0 Å². The number of anilines is 3. The second-order valence-corrected chi connectivity index (χ2v) is 25.4. The van der Waals surface area contributed by atoms with E-state index in [1.165, 1.54) is 18.8 Å². The summed E-state index contributed by atoms with van der Waals surface area (Å²) in [4.78, 5) is 33.2. The van der Waals surface area contributed by atoms with Crippen molar-refractivity contribution in [2.24, 2.45) is 17.8 Å². The van der Waals surface area contributed by atoms with E-state index in [0.29, 0.717) is 60.2 Å². The van der Waals surface area contributed by atoms with Gasteiger partial charge >= 0.3 is 0 Å². The van der Waals surface area contributed by atoms with Crippen molar-refractivity contribution in [3.63, 3.8) is 0 Å². The maximum atomic E-state index is 13.6. The molecule has 0 amide bonds. The van der Waals surface area contributed by atoms with E-state index >= 15 is 0 Å². The number of aromatic nitrogens is 6. The molecule has 6 heterocycles. The molecule has 3 aromatic heterocycles. The molecule has 20 nitrogen and oxygen atoms in total. The molecule has 3 atom stereocenters. The number of hydrogen-bond acceptors (Lipinski definition) is 17. The fourth-order valence-electron chi connectivity index (χ4n) is 10.0. The number of nitrogens with one attached hydrogen (secondary N) is 3. The highest BCUT2D eigenvalue weighted by molar-refractivity contribution is 7.89. The van der Waals surface area contributed by atoms with Crippen LogP contribution in [0, 0.1) is 29.4 Å². The molecule has 3 N–H and O–H groups in total. The molecule has 0 spiro atoms. The van der Waals surface area contributed by atoms with E-state index in [-0.39, 0.29) is 17.8 Å². The minimum absolute atomic E-state index is 0.129. The molecule has 3 fully saturated rings. The van der Waals surface area contributed by atoms with E-state index in [9.17, 15) is 34.0 Å². The van der Waals surface area contributed by atoms with E-state index in [2.05, 4.69) is 50.0 Å². The molecule has 7 aromatic rings. The first-order chi connectivity index (χ1) is 37.2. The Labute approximate surface area is 454 Å². The molecular formula is C53H66F2N12O8S3. The van der Waals surface area contributed by atoms with Crippen LogP contribution < -0.4 is 38.3 Å². The summed E-state index contributed by atoms with van der Waals surface area (Å²) in [6, 6.07) is 23.9. The van der Waals surface area contributed by atoms with E-state index in [0.717, 1.165) is 129 Å². The number of sulfonamides is 3. The topological polar surface area (TPSA) is 244 Å². The summed E-state index contributed by atoms with van der Waals surface area (Å²) in [5, 5.41) is 2.37. The van der Waals surface area contributed by atoms with Crippen LogP contribution in [0.2, 0.25) is 0 Å². The van der Waals surface area contributed by atoms with Gasteiger partial charge in [-0.25, -0.2) is 78.1 Å². The summed E-state index contributed by atoms with van der Waals surface area (Å²) in [5.41, 5.74) is 3.03.